The molecule has 4 fully saturated rings. The molecule has 4 aliphatic rings. The quantitative estimate of drug-likeness (QED) is 0.740. The zero-order valence-corrected chi connectivity index (χ0v) is 11.4. The Morgan fingerprint density at radius 1 is 0.833 bits per heavy atom. The highest BCUT2D eigenvalue weighted by atomic mass is 16.5. The Balaban J connectivity index is 1.32. The fraction of sp³-hybridized carbons (Fsp3) is 1.00. The van der Waals surface area contributed by atoms with Gasteiger partial charge < -0.3 is 4.74 Å². The molecule has 3 nitrogen and oxygen atoms in total. The first-order chi connectivity index (χ1) is 8.90. The van der Waals surface area contributed by atoms with Crippen LogP contribution in [-0.2, 0) is 4.74 Å². The van der Waals surface area contributed by atoms with Gasteiger partial charge in [-0.2, -0.15) is 0 Å². The Bertz CT molecular complexity index is 295. The number of ether oxygens (including phenoxy) is 1. The molecule has 2 aliphatic heterocycles. The maximum atomic E-state index is 5.52. The summed E-state index contributed by atoms with van der Waals surface area (Å²) in [5.74, 6) is 2.14. The molecule has 0 aromatic heterocycles. The van der Waals surface area contributed by atoms with Crippen molar-refractivity contribution in [1.29, 1.82) is 0 Å². The summed E-state index contributed by atoms with van der Waals surface area (Å²) in [5, 5.41) is 0. The van der Waals surface area contributed by atoms with Gasteiger partial charge in [-0.1, -0.05) is 6.42 Å². The minimum absolute atomic E-state index is 0.729. The number of rotatable bonds is 2. The molecule has 4 rings (SSSR count). The van der Waals surface area contributed by atoms with Gasteiger partial charge in [0.25, 0.3) is 0 Å². The summed E-state index contributed by atoms with van der Waals surface area (Å²) in [6.45, 7) is 7.14. The molecule has 0 spiro atoms. The highest BCUT2D eigenvalue weighted by Crippen LogP contribution is 2.46. The molecular weight excluding hydrogens is 224 g/mol. The molecule has 2 saturated heterocycles. The Labute approximate surface area is 110 Å². The standard InChI is InChI=1S/C15H26N2O/c1-2-13-9-12(1)10-15(13)17-6-4-16(5-7-17)14-3-8-18-11-14/h12-15H,1-11H2/t12-,13-,14-,15+/m0/s1. The normalized spacial score (nSPS) is 46.0. The Morgan fingerprint density at radius 2 is 1.67 bits per heavy atom. The van der Waals surface area contributed by atoms with E-state index < -0.39 is 0 Å². The molecule has 0 aromatic carbocycles. The summed E-state index contributed by atoms with van der Waals surface area (Å²) in [7, 11) is 0. The highest BCUT2D eigenvalue weighted by molar-refractivity contribution is 4.96. The van der Waals surface area contributed by atoms with E-state index in [-0.39, 0.29) is 0 Å². The van der Waals surface area contributed by atoms with E-state index in [0.29, 0.717) is 0 Å². The van der Waals surface area contributed by atoms with Gasteiger partial charge >= 0.3 is 0 Å². The monoisotopic (exact) mass is 250 g/mol. The molecule has 2 saturated carbocycles. The van der Waals surface area contributed by atoms with E-state index in [0.717, 1.165) is 37.1 Å². The lowest BCUT2D eigenvalue weighted by molar-refractivity contribution is 0.0463. The molecule has 18 heavy (non-hydrogen) atoms. The molecule has 2 aliphatic carbocycles. The van der Waals surface area contributed by atoms with Crippen molar-refractivity contribution in [3.63, 3.8) is 0 Å². The van der Waals surface area contributed by atoms with Crippen LogP contribution in [0.25, 0.3) is 0 Å². The third-order valence-electron chi connectivity index (χ3n) is 5.94. The minimum Gasteiger partial charge on any atom is -0.380 e. The van der Waals surface area contributed by atoms with Crippen LogP contribution < -0.4 is 0 Å². The lowest BCUT2D eigenvalue weighted by Gasteiger charge is -2.42. The largest absolute Gasteiger partial charge is 0.380 e. The van der Waals surface area contributed by atoms with Gasteiger partial charge in [0, 0.05) is 44.9 Å². The van der Waals surface area contributed by atoms with Gasteiger partial charge in [-0.15, -0.1) is 0 Å². The van der Waals surface area contributed by atoms with Crippen molar-refractivity contribution in [2.75, 3.05) is 39.4 Å². The van der Waals surface area contributed by atoms with Gasteiger partial charge in [0.15, 0.2) is 0 Å². The van der Waals surface area contributed by atoms with Crippen molar-refractivity contribution in [3.8, 4) is 0 Å². The lowest BCUT2D eigenvalue weighted by atomic mass is 9.93. The van der Waals surface area contributed by atoms with Crippen LogP contribution in [0.3, 0.4) is 0 Å². The molecule has 0 N–H and O–H groups in total. The van der Waals surface area contributed by atoms with Gasteiger partial charge in [-0.3, -0.25) is 9.80 Å². The maximum absolute atomic E-state index is 5.52. The smallest absolute Gasteiger partial charge is 0.0622 e. The van der Waals surface area contributed by atoms with Crippen LogP contribution in [0.5, 0.6) is 0 Å². The van der Waals surface area contributed by atoms with Gasteiger partial charge in [0.1, 0.15) is 0 Å². The number of hydrogen-bond donors (Lipinski definition) is 0. The van der Waals surface area contributed by atoms with Crippen molar-refractivity contribution in [2.45, 2.75) is 44.2 Å². The molecule has 3 heteroatoms. The van der Waals surface area contributed by atoms with Crippen LogP contribution in [0.4, 0.5) is 0 Å². The van der Waals surface area contributed by atoms with Gasteiger partial charge in [0.2, 0.25) is 0 Å². The Kier molecular flexibility index (Phi) is 3.10. The molecule has 0 aromatic rings. The van der Waals surface area contributed by atoms with E-state index >= 15 is 0 Å². The van der Waals surface area contributed by atoms with E-state index in [1.165, 1.54) is 51.9 Å². The van der Waals surface area contributed by atoms with E-state index in [4.69, 9.17) is 4.74 Å². The molecular formula is C15H26N2O. The average Bonchev–Trinajstić information content (AvgIpc) is 3.16. The van der Waals surface area contributed by atoms with E-state index in [1.807, 2.05) is 0 Å². The topological polar surface area (TPSA) is 15.7 Å². The van der Waals surface area contributed by atoms with Crippen LogP contribution >= 0.6 is 0 Å². The summed E-state index contributed by atoms with van der Waals surface area (Å²) < 4.78 is 5.52. The van der Waals surface area contributed by atoms with E-state index in [9.17, 15) is 0 Å². The Hall–Kier alpha value is -0.120. The third kappa shape index (κ3) is 2.00. The van der Waals surface area contributed by atoms with Crippen molar-refractivity contribution in [1.82, 2.24) is 9.80 Å². The van der Waals surface area contributed by atoms with Gasteiger partial charge in [-0.05, 0) is 37.5 Å². The lowest BCUT2D eigenvalue weighted by Crippen LogP contribution is -2.54. The number of fused-ring (bicyclic) bond motifs is 2. The number of nitrogens with zero attached hydrogens (tertiary/aromatic N) is 2. The summed E-state index contributed by atoms with van der Waals surface area (Å²) >= 11 is 0. The van der Waals surface area contributed by atoms with Crippen molar-refractivity contribution >= 4 is 0 Å². The van der Waals surface area contributed by atoms with E-state index in [2.05, 4.69) is 9.80 Å². The molecule has 2 bridgehead atoms. The number of piperazine rings is 1. The first-order valence-corrected chi connectivity index (χ1v) is 7.96. The third-order valence-corrected chi connectivity index (χ3v) is 5.94. The second-order valence-electron chi connectivity index (χ2n) is 6.83. The maximum Gasteiger partial charge on any atom is 0.0622 e. The fourth-order valence-corrected chi connectivity index (χ4v) is 4.90. The van der Waals surface area contributed by atoms with Crippen LogP contribution in [0.15, 0.2) is 0 Å². The van der Waals surface area contributed by atoms with Crippen LogP contribution in [0.1, 0.15) is 32.1 Å². The second-order valence-corrected chi connectivity index (χ2v) is 6.83. The molecule has 0 unspecified atom stereocenters. The summed E-state index contributed by atoms with van der Waals surface area (Å²) in [6.07, 6.45) is 7.36. The first-order valence-electron chi connectivity index (χ1n) is 7.96. The summed E-state index contributed by atoms with van der Waals surface area (Å²) in [4.78, 5) is 5.49. The molecule has 0 radical (unpaired) electrons. The SMILES string of the molecule is C1C[C@H](N2CCN([C@@H]3C[C@H]4CC[C@H]3C4)CC2)CO1. The van der Waals surface area contributed by atoms with Crippen molar-refractivity contribution in [3.05, 3.63) is 0 Å². The molecule has 0 amide bonds. The fourth-order valence-electron chi connectivity index (χ4n) is 4.90. The van der Waals surface area contributed by atoms with Crippen molar-refractivity contribution < 1.29 is 4.74 Å². The summed E-state index contributed by atoms with van der Waals surface area (Å²) in [5.41, 5.74) is 0. The Morgan fingerprint density at radius 3 is 2.28 bits per heavy atom. The molecule has 2 heterocycles. The van der Waals surface area contributed by atoms with Gasteiger partial charge in [-0.25, -0.2) is 0 Å². The number of hydrogen-bond acceptors (Lipinski definition) is 3. The molecule has 4 atom stereocenters. The average molecular weight is 250 g/mol. The van der Waals surface area contributed by atoms with Gasteiger partial charge in [0.05, 0.1) is 6.61 Å². The minimum atomic E-state index is 0.729. The van der Waals surface area contributed by atoms with E-state index in [1.54, 1.807) is 6.42 Å². The van der Waals surface area contributed by atoms with Crippen LogP contribution in [-0.4, -0.2) is 61.3 Å². The highest BCUT2D eigenvalue weighted by Gasteiger charge is 2.43. The van der Waals surface area contributed by atoms with Crippen LogP contribution in [0.2, 0.25) is 0 Å². The van der Waals surface area contributed by atoms with Crippen LogP contribution in [0, 0.1) is 11.8 Å². The summed E-state index contributed by atoms with van der Waals surface area (Å²) in [6, 6.07) is 1.68. The zero-order valence-electron chi connectivity index (χ0n) is 11.4. The molecule has 102 valence electrons. The first kappa shape index (κ1) is 11.7. The zero-order chi connectivity index (χ0) is 11.9. The predicted octanol–water partition coefficient (Wildman–Crippen LogP) is 1.58. The second kappa shape index (κ2) is 4.77. The predicted molar refractivity (Wildman–Crippen MR) is 71.6 cm³/mol. The van der Waals surface area contributed by atoms with Crippen molar-refractivity contribution in [2.24, 2.45) is 11.8 Å².